The summed E-state index contributed by atoms with van der Waals surface area (Å²) in [6.45, 7) is 0. The molecule has 4 heteroatoms. The van der Waals surface area contributed by atoms with Crippen molar-refractivity contribution in [2.75, 3.05) is 0 Å². The van der Waals surface area contributed by atoms with E-state index >= 15 is 0 Å². The highest BCUT2D eigenvalue weighted by molar-refractivity contribution is 5.72. The quantitative estimate of drug-likeness (QED) is 0.608. The van der Waals surface area contributed by atoms with E-state index in [0.717, 1.165) is 0 Å². The first-order valence-corrected chi connectivity index (χ1v) is 3.05. The normalized spacial score (nSPS) is 10.2. The Morgan fingerprint density at radius 2 is 1.91 bits per heavy atom. The molecule has 0 fully saturated rings. The van der Waals surface area contributed by atoms with Gasteiger partial charge in [-0.15, -0.1) is 5.11 Å². The van der Waals surface area contributed by atoms with E-state index in [1.807, 2.05) is 6.07 Å². The molecule has 2 amide bonds. The second kappa shape index (κ2) is 3.46. The monoisotopic (exact) mass is 149 g/mol. The van der Waals surface area contributed by atoms with Gasteiger partial charge in [-0.2, -0.15) is 0 Å². The van der Waals surface area contributed by atoms with Crippen molar-refractivity contribution in [3.8, 4) is 0 Å². The number of hydrogen-bond acceptors (Lipinski definition) is 2. The Balaban J connectivity index is 2.72. The van der Waals surface area contributed by atoms with Gasteiger partial charge in [0.05, 0.1) is 5.69 Å². The Morgan fingerprint density at radius 3 is 2.45 bits per heavy atom. The Kier molecular flexibility index (Phi) is 2.32. The molecule has 56 valence electrons. The summed E-state index contributed by atoms with van der Waals surface area (Å²) in [6.07, 6.45) is 0. The van der Waals surface area contributed by atoms with Gasteiger partial charge in [-0.3, -0.25) is 0 Å². The molecule has 0 saturated carbocycles. The van der Waals surface area contributed by atoms with Crippen LogP contribution in [0.2, 0.25) is 0 Å². The molecule has 4 nitrogen and oxygen atoms in total. The number of azo groups is 1. The zero-order chi connectivity index (χ0) is 8.10. The van der Waals surface area contributed by atoms with Gasteiger partial charge >= 0.3 is 6.03 Å². The summed E-state index contributed by atoms with van der Waals surface area (Å²) in [5, 5.41) is 6.71. The second-order valence-electron chi connectivity index (χ2n) is 1.87. The van der Waals surface area contributed by atoms with Crippen LogP contribution in [0, 0.1) is 0 Å². The van der Waals surface area contributed by atoms with Crippen LogP contribution in [0.1, 0.15) is 0 Å². The minimum atomic E-state index is -0.783. The number of urea groups is 1. The van der Waals surface area contributed by atoms with Crippen LogP contribution in [0.5, 0.6) is 0 Å². The molecule has 0 saturated heterocycles. The number of nitrogens with zero attached hydrogens (tertiary/aromatic N) is 2. The van der Waals surface area contributed by atoms with E-state index in [4.69, 9.17) is 5.73 Å². The van der Waals surface area contributed by atoms with Gasteiger partial charge in [0, 0.05) is 0 Å². The molecule has 0 aliphatic heterocycles. The number of primary amides is 1. The third kappa shape index (κ3) is 2.57. The average Bonchev–Trinajstić information content (AvgIpc) is 2.03. The molecule has 0 unspecified atom stereocenters. The maximum atomic E-state index is 10.1. The van der Waals surface area contributed by atoms with Gasteiger partial charge in [-0.05, 0) is 12.1 Å². The molecule has 0 atom stereocenters. The maximum Gasteiger partial charge on any atom is 0.356 e. The Labute approximate surface area is 63.7 Å². The topological polar surface area (TPSA) is 67.8 Å². The number of carbonyl (C=O) groups is 1. The number of hydrogen-bond donors (Lipinski definition) is 1. The standard InChI is InChI=1S/C7H7N3O/c8-7(11)10-9-6-4-2-1-3-5-6/h1-5H,(H2,8,11). The van der Waals surface area contributed by atoms with Gasteiger partial charge in [0.25, 0.3) is 0 Å². The van der Waals surface area contributed by atoms with Crippen LogP contribution in [0.3, 0.4) is 0 Å². The van der Waals surface area contributed by atoms with Crippen LogP contribution in [0.4, 0.5) is 10.5 Å². The molecule has 1 aromatic carbocycles. The second-order valence-corrected chi connectivity index (χ2v) is 1.87. The van der Waals surface area contributed by atoms with Crippen LogP contribution in [0.25, 0.3) is 0 Å². The zero-order valence-electron chi connectivity index (χ0n) is 5.77. The molecule has 0 aliphatic carbocycles. The third-order valence-electron chi connectivity index (χ3n) is 1.02. The van der Waals surface area contributed by atoms with E-state index in [2.05, 4.69) is 10.2 Å². The minimum absolute atomic E-state index is 0.617. The number of benzene rings is 1. The summed E-state index contributed by atoms with van der Waals surface area (Å²) in [5.74, 6) is 0. The fourth-order valence-corrected chi connectivity index (χ4v) is 0.602. The average molecular weight is 149 g/mol. The summed E-state index contributed by atoms with van der Waals surface area (Å²) in [4.78, 5) is 10.1. The summed E-state index contributed by atoms with van der Waals surface area (Å²) in [5.41, 5.74) is 5.36. The Morgan fingerprint density at radius 1 is 1.27 bits per heavy atom. The first-order valence-electron chi connectivity index (χ1n) is 3.05. The van der Waals surface area contributed by atoms with Crippen LogP contribution < -0.4 is 5.73 Å². The molecule has 0 aliphatic rings. The highest BCUT2D eigenvalue weighted by Gasteiger charge is 1.86. The van der Waals surface area contributed by atoms with Gasteiger partial charge in [-0.25, -0.2) is 4.79 Å². The first-order chi connectivity index (χ1) is 5.29. The van der Waals surface area contributed by atoms with Gasteiger partial charge in [0.15, 0.2) is 0 Å². The highest BCUT2D eigenvalue weighted by atomic mass is 16.2. The predicted octanol–water partition coefficient (Wildman–Crippen LogP) is 1.85. The molecule has 0 heterocycles. The summed E-state index contributed by atoms with van der Waals surface area (Å²) < 4.78 is 0. The summed E-state index contributed by atoms with van der Waals surface area (Å²) in [6, 6.07) is 8.13. The fraction of sp³-hybridized carbons (Fsp3) is 0. The molecule has 0 bridgehead atoms. The van der Waals surface area contributed by atoms with E-state index < -0.39 is 6.03 Å². The zero-order valence-corrected chi connectivity index (χ0v) is 5.77. The molecule has 11 heavy (non-hydrogen) atoms. The van der Waals surface area contributed by atoms with Crippen molar-refractivity contribution in [1.29, 1.82) is 0 Å². The predicted molar refractivity (Wildman–Crippen MR) is 40.5 cm³/mol. The van der Waals surface area contributed by atoms with E-state index in [9.17, 15) is 4.79 Å². The largest absolute Gasteiger partial charge is 0.356 e. The van der Waals surface area contributed by atoms with E-state index in [0.29, 0.717) is 5.69 Å². The maximum absolute atomic E-state index is 10.1. The SMILES string of the molecule is NC(=O)N=Nc1ccccc1. The van der Waals surface area contributed by atoms with Crippen molar-refractivity contribution in [2.45, 2.75) is 0 Å². The lowest BCUT2D eigenvalue weighted by Gasteiger charge is -1.86. The number of amides is 2. The molecule has 0 aromatic heterocycles. The van der Waals surface area contributed by atoms with E-state index in [1.54, 1.807) is 24.3 Å². The fourth-order valence-electron chi connectivity index (χ4n) is 0.602. The number of nitrogens with two attached hydrogens (primary N) is 1. The first kappa shape index (κ1) is 7.40. The van der Waals surface area contributed by atoms with E-state index in [-0.39, 0.29) is 0 Å². The van der Waals surface area contributed by atoms with Crippen molar-refractivity contribution in [2.24, 2.45) is 16.0 Å². The number of rotatable bonds is 1. The highest BCUT2D eigenvalue weighted by Crippen LogP contribution is 2.09. The van der Waals surface area contributed by atoms with Crippen molar-refractivity contribution in [1.82, 2.24) is 0 Å². The smallest absolute Gasteiger partial charge is 0.348 e. The van der Waals surface area contributed by atoms with Gasteiger partial charge in [-0.1, -0.05) is 23.3 Å². The molecule has 1 rings (SSSR count). The lowest BCUT2D eigenvalue weighted by Crippen LogP contribution is -2.01. The van der Waals surface area contributed by atoms with Crippen molar-refractivity contribution in [3.63, 3.8) is 0 Å². The third-order valence-corrected chi connectivity index (χ3v) is 1.02. The van der Waals surface area contributed by atoms with Crippen LogP contribution in [-0.2, 0) is 0 Å². The Hall–Kier alpha value is -1.71. The molecule has 1 aromatic rings. The molecular weight excluding hydrogens is 142 g/mol. The van der Waals surface area contributed by atoms with Crippen LogP contribution >= 0.6 is 0 Å². The van der Waals surface area contributed by atoms with Gasteiger partial charge in [0.1, 0.15) is 0 Å². The molecular formula is C7H7N3O. The van der Waals surface area contributed by atoms with Crippen molar-refractivity contribution in [3.05, 3.63) is 30.3 Å². The minimum Gasteiger partial charge on any atom is -0.348 e. The van der Waals surface area contributed by atoms with Crippen LogP contribution in [0.15, 0.2) is 40.6 Å². The number of carbonyl (C=O) groups excluding carboxylic acids is 1. The summed E-state index contributed by atoms with van der Waals surface area (Å²) in [7, 11) is 0. The van der Waals surface area contributed by atoms with Gasteiger partial charge in [0.2, 0.25) is 0 Å². The molecule has 0 radical (unpaired) electrons. The Bertz CT molecular complexity index is 268. The molecule has 0 spiro atoms. The summed E-state index contributed by atoms with van der Waals surface area (Å²) >= 11 is 0. The van der Waals surface area contributed by atoms with Crippen molar-refractivity contribution < 1.29 is 4.79 Å². The lowest BCUT2D eigenvalue weighted by atomic mass is 10.3. The van der Waals surface area contributed by atoms with Gasteiger partial charge < -0.3 is 5.73 Å². The van der Waals surface area contributed by atoms with E-state index in [1.165, 1.54) is 0 Å². The lowest BCUT2D eigenvalue weighted by molar-refractivity contribution is 0.255. The molecule has 2 N–H and O–H groups in total. The van der Waals surface area contributed by atoms with Crippen molar-refractivity contribution >= 4 is 11.7 Å². The van der Waals surface area contributed by atoms with Crippen LogP contribution in [-0.4, -0.2) is 6.03 Å².